The van der Waals surface area contributed by atoms with E-state index in [0.717, 1.165) is 10.6 Å². The van der Waals surface area contributed by atoms with Crippen molar-refractivity contribution in [3.63, 3.8) is 0 Å². The van der Waals surface area contributed by atoms with Crippen LogP contribution in [-0.4, -0.2) is 22.5 Å². The van der Waals surface area contributed by atoms with E-state index in [1.807, 2.05) is 42.5 Å². The molecule has 27 heavy (non-hydrogen) atoms. The number of amides is 2. The molecule has 0 bridgehead atoms. The number of hydrogen-bond acceptors (Lipinski definition) is 4. The first-order chi connectivity index (χ1) is 13.1. The molecule has 132 valence electrons. The first kappa shape index (κ1) is 16.7. The van der Waals surface area contributed by atoms with Crippen molar-refractivity contribution in [3.8, 4) is 11.3 Å². The van der Waals surface area contributed by atoms with E-state index in [1.165, 1.54) is 0 Å². The molecule has 0 saturated heterocycles. The summed E-state index contributed by atoms with van der Waals surface area (Å²) >= 11 is 0. The van der Waals surface area contributed by atoms with Crippen LogP contribution in [0.5, 0.6) is 0 Å². The highest BCUT2D eigenvalue weighted by atomic mass is 16.3. The molecule has 5 heteroatoms. The number of rotatable bonds is 3. The number of furan rings is 1. The Morgan fingerprint density at radius 1 is 0.963 bits per heavy atom. The molecule has 0 saturated carbocycles. The van der Waals surface area contributed by atoms with E-state index in [1.54, 1.807) is 43.3 Å². The lowest BCUT2D eigenvalue weighted by Crippen LogP contribution is -2.29. The van der Waals surface area contributed by atoms with E-state index in [-0.39, 0.29) is 0 Å². The zero-order valence-corrected chi connectivity index (χ0v) is 14.6. The molecule has 0 spiro atoms. The molecule has 1 aliphatic heterocycles. The average Bonchev–Trinajstić information content (AvgIpc) is 3.29. The highest BCUT2D eigenvalue weighted by molar-refractivity contribution is 6.30. The van der Waals surface area contributed by atoms with E-state index in [9.17, 15) is 9.59 Å². The molecule has 0 aliphatic carbocycles. The number of imide groups is 1. The SMILES string of the molecule is CC1=NN(C(=O)c2ccccc2)C(=O)/C1=C/c1ccc(-c2ccccc2)o1. The minimum atomic E-state index is -0.459. The fourth-order valence-corrected chi connectivity index (χ4v) is 2.86. The summed E-state index contributed by atoms with van der Waals surface area (Å²) in [5.74, 6) is 0.326. The third-order valence-corrected chi connectivity index (χ3v) is 4.25. The van der Waals surface area contributed by atoms with Crippen LogP contribution in [-0.2, 0) is 4.79 Å². The predicted octanol–water partition coefficient (Wildman–Crippen LogP) is 4.39. The van der Waals surface area contributed by atoms with E-state index in [4.69, 9.17) is 4.42 Å². The number of hydrogen-bond donors (Lipinski definition) is 0. The smallest absolute Gasteiger partial charge is 0.283 e. The minimum Gasteiger partial charge on any atom is -0.457 e. The predicted molar refractivity (Wildman–Crippen MR) is 103 cm³/mol. The van der Waals surface area contributed by atoms with Crippen LogP contribution in [0.15, 0.2) is 87.9 Å². The maximum absolute atomic E-state index is 12.7. The van der Waals surface area contributed by atoms with Gasteiger partial charge in [-0.05, 0) is 37.3 Å². The Bertz CT molecular complexity index is 1060. The van der Waals surface area contributed by atoms with Crippen LogP contribution in [0, 0.1) is 0 Å². The molecule has 1 aliphatic rings. The number of hydrazone groups is 1. The molecule has 5 nitrogen and oxygen atoms in total. The standard InChI is InChI=1S/C22H16N2O3/c1-15-19(14-18-12-13-20(27-18)16-8-4-2-5-9-16)22(26)24(23-15)21(25)17-10-6-3-7-11-17/h2-14H,1H3/b19-14+. The zero-order chi connectivity index (χ0) is 18.8. The Kier molecular flexibility index (Phi) is 4.26. The maximum atomic E-state index is 12.7. The lowest BCUT2D eigenvalue weighted by Gasteiger charge is -2.09. The lowest BCUT2D eigenvalue weighted by molar-refractivity contribution is -0.123. The van der Waals surface area contributed by atoms with Crippen LogP contribution in [0.2, 0.25) is 0 Å². The van der Waals surface area contributed by atoms with Crippen molar-refractivity contribution in [1.29, 1.82) is 0 Å². The van der Waals surface area contributed by atoms with Crippen molar-refractivity contribution < 1.29 is 14.0 Å². The topological polar surface area (TPSA) is 62.9 Å². The van der Waals surface area contributed by atoms with Crippen LogP contribution in [0.3, 0.4) is 0 Å². The van der Waals surface area contributed by atoms with Crippen molar-refractivity contribution in [3.05, 3.63) is 89.7 Å². The van der Waals surface area contributed by atoms with Gasteiger partial charge in [0, 0.05) is 11.1 Å². The highest BCUT2D eigenvalue weighted by Gasteiger charge is 2.33. The first-order valence-corrected chi connectivity index (χ1v) is 8.50. The Hall–Kier alpha value is -3.73. The van der Waals surface area contributed by atoms with E-state index in [0.29, 0.717) is 28.4 Å². The Balaban J connectivity index is 1.60. The second-order valence-electron chi connectivity index (χ2n) is 6.10. The molecule has 1 aromatic heterocycles. The molecule has 0 radical (unpaired) electrons. The molecule has 0 atom stereocenters. The third kappa shape index (κ3) is 3.22. The van der Waals surface area contributed by atoms with Gasteiger partial charge in [0.15, 0.2) is 0 Å². The number of benzene rings is 2. The molecule has 4 rings (SSSR count). The minimum absolute atomic E-state index is 0.341. The van der Waals surface area contributed by atoms with Crippen LogP contribution in [0.25, 0.3) is 17.4 Å². The average molecular weight is 356 g/mol. The number of carbonyl (C=O) groups excluding carboxylic acids is 2. The Labute approximate surface area is 156 Å². The van der Waals surface area contributed by atoms with Gasteiger partial charge in [-0.25, -0.2) is 0 Å². The molecule has 0 fully saturated rings. The van der Waals surface area contributed by atoms with Crippen LogP contribution in [0.4, 0.5) is 0 Å². The van der Waals surface area contributed by atoms with E-state index < -0.39 is 11.8 Å². The van der Waals surface area contributed by atoms with E-state index in [2.05, 4.69) is 5.10 Å². The maximum Gasteiger partial charge on any atom is 0.283 e. The summed E-state index contributed by atoms with van der Waals surface area (Å²) in [7, 11) is 0. The van der Waals surface area contributed by atoms with Gasteiger partial charge in [0.1, 0.15) is 11.5 Å². The summed E-state index contributed by atoms with van der Waals surface area (Å²) in [6, 6.07) is 21.9. The normalized spacial score (nSPS) is 15.3. The first-order valence-electron chi connectivity index (χ1n) is 8.50. The molecular formula is C22H16N2O3. The molecule has 2 aromatic carbocycles. The quantitative estimate of drug-likeness (QED) is 0.516. The molecule has 2 heterocycles. The van der Waals surface area contributed by atoms with Gasteiger partial charge in [0.2, 0.25) is 0 Å². The highest BCUT2D eigenvalue weighted by Crippen LogP contribution is 2.25. The van der Waals surface area contributed by atoms with Gasteiger partial charge in [-0.2, -0.15) is 10.1 Å². The second-order valence-corrected chi connectivity index (χ2v) is 6.10. The Morgan fingerprint density at radius 3 is 2.33 bits per heavy atom. The third-order valence-electron chi connectivity index (χ3n) is 4.25. The van der Waals surface area contributed by atoms with Crippen molar-refractivity contribution in [2.24, 2.45) is 5.10 Å². The number of nitrogens with zero attached hydrogens (tertiary/aromatic N) is 2. The summed E-state index contributed by atoms with van der Waals surface area (Å²) in [6.45, 7) is 1.70. The summed E-state index contributed by atoms with van der Waals surface area (Å²) in [5, 5.41) is 5.03. The van der Waals surface area contributed by atoms with Gasteiger partial charge < -0.3 is 4.42 Å². The van der Waals surface area contributed by atoms with Gasteiger partial charge in [0.25, 0.3) is 11.8 Å². The van der Waals surface area contributed by atoms with Gasteiger partial charge in [-0.15, -0.1) is 0 Å². The van der Waals surface area contributed by atoms with Crippen LogP contribution in [0.1, 0.15) is 23.0 Å². The van der Waals surface area contributed by atoms with Crippen LogP contribution < -0.4 is 0 Å². The monoisotopic (exact) mass is 356 g/mol. The van der Waals surface area contributed by atoms with Crippen molar-refractivity contribution in [2.75, 3.05) is 0 Å². The van der Waals surface area contributed by atoms with Gasteiger partial charge in [0.05, 0.1) is 11.3 Å². The molecule has 0 unspecified atom stereocenters. The zero-order valence-electron chi connectivity index (χ0n) is 14.6. The van der Waals surface area contributed by atoms with Gasteiger partial charge in [-0.3, -0.25) is 9.59 Å². The van der Waals surface area contributed by atoms with Gasteiger partial charge >= 0.3 is 0 Å². The molecule has 2 amide bonds. The summed E-state index contributed by atoms with van der Waals surface area (Å²) in [5.41, 5.74) is 2.18. The fraction of sp³-hybridized carbons (Fsp3) is 0.0455. The molecule has 3 aromatic rings. The summed E-state index contributed by atoms with van der Waals surface area (Å²) < 4.78 is 5.82. The molecule has 0 N–H and O–H groups in total. The van der Waals surface area contributed by atoms with E-state index >= 15 is 0 Å². The Morgan fingerprint density at radius 2 is 1.63 bits per heavy atom. The van der Waals surface area contributed by atoms with Crippen molar-refractivity contribution in [2.45, 2.75) is 6.92 Å². The largest absolute Gasteiger partial charge is 0.457 e. The fourth-order valence-electron chi connectivity index (χ4n) is 2.86. The van der Waals surface area contributed by atoms with Crippen molar-refractivity contribution >= 4 is 23.6 Å². The molecular weight excluding hydrogens is 340 g/mol. The van der Waals surface area contributed by atoms with Crippen molar-refractivity contribution in [1.82, 2.24) is 5.01 Å². The number of carbonyl (C=O) groups is 2. The lowest BCUT2D eigenvalue weighted by atomic mass is 10.1. The summed E-state index contributed by atoms with van der Waals surface area (Å²) in [4.78, 5) is 25.2. The van der Waals surface area contributed by atoms with Gasteiger partial charge in [-0.1, -0.05) is 48.5 Å². The summed E-state index contributed by atoms with van der Waals surface area (Å²) in [6.07, 6.45) is 1.62. The second kappa shape index (κ2) is 6.88. The van der Waals surface area contributed by atoms with Crippen LogP contribution >= 0.6 is 0 Å².